The molecule has 6 nitrogen and oxygen atoms in total. The van der Waals surface area contributed by atoms with Crippen LogP contribution in [-0.2, 0) is 9.84 Å². The van der Waals surface area contributed by atoms with Crippen molar-refractivity contribution in [3.63, 3.8) is 0 Å². The van der Waals surface area contributed by atoms with E-state index in [2.05, 4.69) is 10.6 Å². The molecule has 1 fully saturated rings. The number of benzene rings is 1. The first kappa shape index (κ1) is 16.9. The highest BCUT2D eigenvalue weighted by Crippen LogP contribution is 2.24. The van der Waals surface area contributed by atoms with Gasteiger partial charge in [0.2, 0.25) is 0 Å². The molecule has 1 atom stereocenters. The van der Waals surface area contributed by atoms with Crippen molar-refractivity contribution in [2.75, 3.05) is 24.7 Å². The van der Waals surface area contributed by atoms with Gasteiger partial charge in [0.25, 0.3) is 0 Å². The number of urea groups is 1. The molecular formula is C14H19ClN2O4S. The van der Waals surface area contributed by atoms with Gasteiger partial charge in [-0.15, -0.1) is 0 Å². The first-order valence-corrected chi connectivity index (χ1v) is 9.19. The number of rotatable bonds is 5. The molecule has 122 valence electrons. The fraction of sp³-hybridized carbons (Fsp3) is 0.500. The van der Waals surface area contributed by atoms with E-state index in [-0.39, 0.29) is 30.2 Å². The normalized spacial score (nSPS) is 19.6. The molecule has 1 aromatic carbocycles. The Labute approximate surface area is 135 Å². The van der Waals surface area contributed by atoms with E-state index < -0.39 is 9.84 Å². The molecule has 1 aromatic rings. The second kappa shape index (κ2) is 7.19. The van der Waals surface area contributed by atoms with Gasteiger partial charge in [0.05, 0.1) is 23.1 Å². The van der Waals surface area contributed by atoms with E-state index in [4.69, 9.17) is 16.3 Å². The minimum absolute atomic E-state index is 0.00974. The van der Waals surface area contributed by atoms with Crippen molar-refractivity contribution in [2.45, 2.75) is 19.4 Å². The topological polar surface area (TPSA) is 84.5 Å². The summed E-state index contributed by atoms with van der Waals surface area (Å²) in [5.74, 6) is 0.716. The van der Waals surface area contributed by atoms with Crippen LogP contribution in [0, 0.1) is 6.92 Å². The molecule has 2 amide bonds. The minimum atomic E-state index is -2.99. The molecule has 1 unspecified atom stereocenters. The highest BCUT2D eigenvalue weighted by atomic mass is 35.5. The Kier molecular flexibility index (Phi) is 5.52. The first-order chi connectivity index (χ1) is 10.4. The Morgan fingerprint density at radius 1 is 1.45 bits per heavy atom. The third-order valence-corrected chi connectivity index (χ3v) is 5.38. The van der Waals surface area contributed by atoms with Crippen molar-refractivity contribution in [1.29, 1.82) is 0 Å². The van der Waals surface area contributed by atoms with Gasteiger partial charge < -0.3 is 15.4 Å². The maximum Gasteiger partial charge on any atom is 0.315 e. The molecule has 2 N–H and O–H groups in total. The van der Waals surface area contributed by atoms with Gasteiger partial charge in [0, 0.05) is 6.04 Å². The summed E-state index contributed by atoms with van der Waals surface area (Å²) in [6.45, 7) is 2.51. The zero-order valence-electron chi connectivity index (χ0n) is 12.3. The Hall–Kier alpha value is -1.47. The van der Waals surface area contributed by atoms with Crippen LogP contribution in [-0.4, -0.2) is 45.1 Å². The SMILES string of the molecule is Cc1ccc(Cl)c(OCCNC(=O)NC2CCS(=O)(=O)C2)c1. The number of nitrogens with one attached hydrogen (secondary N) is 2. The van der Waals surface area contributed by atoms with Gasteiger partial charge >= 0.3 is 6.03 Å². The fourth-order valence-corrected chi connectivity index (χ4v) is 4.04. The average molecular weight is 347 g/mol. The van der Waals surface area contributed by atoms with Crippen LogP contribution in [0.3, 0.4) is 0 Å². The summed E-state index contributed by atoms with van der Waals surface area (Å²) in [7, 11) is -2.99. The van der Waals surface area contributed by atoms with Crippen molar-refractivity contribution >= 4 is 27.5 Å². The maximum absolute atomic E-state index is 11.6. The summed E-state index contributed by atoms with van der Waals surface area (Å²) in [5, 5.41) is 5.79. The second-order valence-electron chi connectivity index (χ2n) is 5.28. The summed E-state index contributed by atoms with van der Waals surface area (Å²) < 4.78 is 28.1. The van der Waals surface area contributed by atoms with Gasteiger partial charge in [-0.05, 0) is 31.0 Å². The van der Waals surface area contributed by atoms with Crippen molar-refractivity contribution in [3.8, 4) is 5.75 Å². The number of hydrogen-bond acceptors (Lipinski definition) is 4. The zero-order valence-corrected chi connectivity index (χ0v) is 13.8. The molecule has 0 radical (unpaired) electrons. The minimum Gasteiger partial charge on any atom is -0.490 e. The molecule has 22 heavy (non-hydrogen) atoms. The van der Waals surface area contributed by atoms with Crippen molar-refractivity contribution in [3.05, 3.63) is 28.8 Å². The summed E-state index contributed by atoms with van der Waals surface area (Å²) in [6, 6.07) is 4.77. The predicted molar refractivity (Wildman–Crippen MR) is 85.3 cm³/mol. The summed E-state index contributed by atoms with van der Waals surface area (Å²) in [4.78, 5) is 11.6. The highest BCUT2D eigenvalue weighted by Gasteiger charge is 2.28. The van der Waals surface area contributed by atoms with Crippen molar-refractivity contribution in [1.82, 2.24) is 10.6 Å². The fourth-order valence-electron chi connectivity index (χ4n) is 2.19. The van der Waals surface area contributed by atoms with Gasteiger partial charge in [-0.2, -0.15) is 0 Å². The van der Waals surface area contributed by atoms with Crippen LogP contribution in [0.15, 0.2) is 18.2 Å². The van der Waals surface area contributed by atoms with Gasteiger partial charge in [-0.3, -0.25) is 0 Å². The van der Waals surface area contributed by atoms with Crippen LogP contribution < -0.4 is 15.4 Å². The average Bonchev–Trinajstić information content (AvgIpc) is 2.77. The molecule has 2 rings (SSSR count). The van der Waals surface area contributed by atoms with E-state index in [0.29, 0.717) is 23.7 Å². The van der Waals surface area contributed by atoms with Gasteiger partial charge in [0.1, 0.15) is 12.4 Å². The van der Waals surface area contributed by atoms with Crippen LogP contribution in [0.4, 0.5) is 4.79 Å². The largest absolute Gasteiger partial charge is 0.490 e. The predicted octanol–water partition coefficient (Wildman–Crippen LogP) is 1.51. The number of aryl methyl sites for hydroxylation is 1. The number of sulfone groups is 1. The van der Waals surface area contributed by atoms with E-state index in [9.17, 15) is 13.2 Å². The summed E-state index contributed by atoms with van der Waals surface area (Å²) in [6.07, 6.45) is 0.463. The maximum atomic E-state index is 11.6. The van der Waals surface area contributed by atoms with Crippen LogP contribution in [0.5, 0.6) is 5.75 Å². The first-order valence-electron chi connectivity index (χ1n) is 6.99. The van der Waals surface area contributed by atoms with E-state index in [1.54, 1.807) is 6.07 Å². The lowest BCUT2D eigenvalue weighted by Gasteiger charge is -2.13. The van der Waals surface area contributed by atoms with Crippen LogP contribution >= 0.6 is 11.6 Å². The molecule has 8 heteroatoms. The van der Waals surface area contributed by atoms with Crippen LogP contribution in [0.2, 0.25) is 5.02 Å². The van der Waals surface area contributed by atoms with E-state index in [1.807, 2.05) is 19.1 Å². The van der Waals surface area contributed by atoms with Crippen LogP contribution in [0.25, 0.3) is 0 Å². The zero-order chi connectivity index (χ0) is 16.2. The lowest BCUT2D eigenvalue weighted by molar-refractivity contribution is 0.233. The molecule has 0 spiro atoms. The van der Waals surface area contributed by atoms with E-state index in [0.717, 1.165) is 5.56 Å². The third kappa shape index (κ3) is 5.06. The molecule has 0 bridgehead atoms. The molecule has 0 aliphatic carbocycles. The monoisotopic (exact) mass is 346 g/mol. The Morgan fingerprint density at radius 3 is 2.91 bits per heavy atom. The standard InChI is InChI=1S/C14H19ClN2O4S/c1-10-2-3-12(15)13(8-10)21-6-5-16-14(18)17-11-4-7-22(19,20)9-11/h2-3,8,11H,4-7,9H2,1H3,(H2,16,17,18). The van der Waals surface area contributed by atoms with Gasteiger partial charge in [0.15, 0.2) is 9.84 Å². The molecular weight excluding hydrogens is 328 g/mol. The molecule has 1 aliphatic heterocycles. The van der Waals surface area contributed by atoms with Gasteiger partial charge in [-0.1, -0.05) is 17.7 Å². The van der Waals surface area contributed by atoms with E-state index in [1.165, 1.54) is 0 Å². The smallest absolute Gasteiger partial charge is 0.315 e. The summed E-state index contributed by atoms with van der Waals surface area (Å²) >= 11 is 6.00. The van der Waals surface area contributed by atoms with Crippen LogP contribution in [0.1, 0.15) is 12.0 Å². The highest BCUT2D eigenvalue weighted by molar-refractivity contribution is 7.91. The Bertz CT molecular complexity index is 648. The molecule has 1 heterocycles. The van der Waals surface area contributed by atoms with E-state index >= 15 is 0 Å². The number of amides is 2. The third-order valence-electron chi connectivity index (χ3n) is 3.30. The molecule has 0 aromatic heterocycles. The van der Waals surface area contributed by atoms with Crippen molar-refractivity contribution in [2.24, 2.45) is 0 Å². The molecule has 1 aliphatic rings. The number of ether oxygens (including phenoxy) is 1. The lowest BCUT2D eigenvalue weighted by atomic mass is 10.2. The lowest BCUT2D eigenvalue weighted by Crippen LogP contribution is -2.43. The van der Waals surface area contributed by atoms with Gasteiger partial charge in [-0.25, -0.2) is 13.2 Å². The Morgan fingerprint density at radius 2 is 2.23 bits per heavy atom. The second-order valence-corrected chi connectivity index (χ2v) is 7.92. The summed E-state index contributed by atoms with van der Waals surface area (Å²) in [5.41, 5.74) is 1.03. The Balaban J connectivity index is 1.68. The quantitative estimate of drug-likeness (QED) is 0.791. The number of halogens is 1. The number of carbonyl (C=O) groups is 1. The number of carbonyl (C=O) groups excluding carboxylic acids is 1. The number of hydrogen-bond donors (Lipinski definition) is 2. The molecule has 1 saturated heterocycles. The molecule has 0 saturated carbocycles. The van der Waals surface area contributed by atoms with Crippen molar-refractivity contribution < 1.29 is 17.9 Å².